The van der Waals surface area contributed by atoms with Crippen molar-refractivity contribution in [2.24, 2.45) is 0 Å². The van der Waals surface area contributed by atoms with E-state index in [0.717, 1.165) is 18.4 Å². The van der Waals surface area contributed by atoms with E-state index in [1.165, 1.54) is 12.1 Å². The molecule has 1 aromatic rings. The first-order chi connectivity index (χ1) is 7.13. The van der Waals surface area contributed by atoms with Crippen LogP contribution < -0.4 is 5.32 Å². The third kappa shape index (κ3) is 2.91. The fraction of sp³-hybridized carbons (Fsp3) is 0.455. The quantitative estimate of drug-likeness (QED) is 0.832. The average Bonchev–Trinajstić information content (AvgIpc) is 2.09. The number of hydrogen-bond donors (Lipinski definition) is 2. The first kappa shape index (κ1) is 10.9. The lowest BCUT2D eigenvalue weighted by molar-refractivity contribution is 0.0619. The van der Waals surface area contributed by atoms with Crippen LogP contribution in [0.3, 0.4) is 0 Å². The number of aliphatic hydroxyl groups excluding tert-OH is 1. The molecule has 1 fully saturated rings. The lowest BCUT2D eigenvalue weighted by Crippen LogP contribution is -2.43. The van der Waals surface area contributed by atoms with Gasteiger partial charge in [-0.3, -0.25) is 0 Å². The van der Waals surface area contributed by atoms with Crippen molar-refractivity contribution in [1.82, 2.24) is 5.32 Å². The molecule has 0 aliphatic heterocycles. The first-order valence-corrected chi connectivity index (χ1v) is 5.37. The molecule has 0 aromatic heterocycles. The Labute approximate surface area is 93.1 Å². The van der Waals surface area contributed by atoms with E-state index >= 15 is 0 Å². The highest BCUT2D eigenvalue weighted by atomic mass is 35.5. The number of rotatable bonds is 3. The fourth-order valence-corrected chi connectivity index (χ4v) is 1.97. The van der Waals surface area contributed by atoms with Gasteiger partial charge in [0.2, 0.25) is 0 Å². The van der Waals surface area contributed by atoms with Crippen molar-refractivity contribution in [2.75, 3.05) is 0 Å². The summed E-state index contributed by atoms with van der Waals surface area (Å²) in [5.41, 5.74) is 0.835. The molecule has 1 aliphatic carbocycles. The zero-order valence-corrected chi connectivity index (χ0v) is 8.97. The van der Waals surface area contributed by atoms with Gasteiger partial charge in [-0.25, -0.2) is 4.39 Å². The minimum atomic E-state index is -0.312. The Morgan fingerprint density at radius 3 is 2.73 bits per heavy atom. The number of nitrogens with one attached hydrogen (secondary N) is 1. The molecule has 2 nitrogen and oxygen atoms in total. The van der Waals surface area contributed by atoms with E-state index in [2.05, 4.69) is 5.32 Å². The molecule has 1 aromatic carbocycles. The van der Waals surface area contributed by atoms with Crippen LogP contribution in [-0.4, -0.2) is 17.3 Å². The molecule has 0 saturated heterocycles. The van der Waals surface area contributed by atoms with Crippen molar-refractivity contribution < 1.29 is 9.50 Å². The molecule has 0 spiro atoms. The number of aliphatic hydroxyl groups is 1. The van der Waals surface area contributed by atoms with Crippen LogP contribution in [0.25, 0.3) is 0 Å². The summed E-state index contributed by atoms with van der Waals surface area (Å²) >= 11 is 5.73. The third-order valence-corrected chi connectivity index (χ3v) is 2.85. The molecule has 0 radical (unpaired) electrons. The average molecular weight is 230 g/mol. The van der Waals surface area contributed by atoms with E-state index < -0.39 is 0 Å². The topological polar surface area (TPSA) is 32.3 Å². The number of benzene rings is 1. The molecule has 82 valence electrons. The normalized spacial score (nSPS) is 25.0. The van der Waals surface area contributed by atoms with Crippen LogP contribution in [0.15, 0.2) is 18.2 Å². The molecule has 4 heteroatoms. The van der Waals surface area contributed by atoms with E-state index in [1.54, 1.807) is 6.07 Å². The molecule has 2 rings (SSSR count). The van der Waals surface area contributed by atoms with Gasteiger partial charge in [0.05, 0.1) is 6.10 Å². The number of halogens is 2. The van der Waals surface area contributed by atoms with Crippen LogP contribution >= 0.6 is 11.6 Å². The summed E-state index contributed by atoms with van der Waals surface area (Å²) in [5.74, 6) is -0.312. The maximum absolute atomic E-state index is 13.0. The molecule has 15 heavy (non-hydrogen) atoms. The second-order valence-corrected chi connectivity index (χ2v) is 4.42. The smallest absolute Gasteiger partial charge is 0.125 e. The van der Waals surface area contributed by atoms with Gasteiger partial charge in [0.15, 0.2) is 0 Å². The van der Waals surface area contributed by atoms with E-state index in [9.17, 15) is 4.39 Å². The zero-order chi connectivity index (χ0) is 10.8. The predicted molar refractivity (Wildman–Crippen MR) is 57.3 cm³/mol. The van der Waals surface area contributed by atoms with Gasteiger partial charge in [0, 0.05) is 17.6 Å². The lowest BCUT2D eigenvalue weighted by atomic mass is 9.89. The summed E-state index contributed by atoms with van der Waals surface area (Å²) in [6.45, 7) is 0.592. The van der Waals surface area contributed by atoms with Crippen molar-refractivity contribution in [3.63, 3.8) is 0 Å². The summed E-state index contributed by atoms with van der Waals surface area (Å²) in [4.78, 5) is 0. The Kier molecular flexibility index (Phi) is 3.24. The van der Waals surface area contributed by atoms with Gasteiger partial charge in [-0.2, -0.15) is 0 Å². The molecule has 0 bridgehead atoms. The summed E-state index contributed by atoms with van der Waals surface area (Å²) in [6.07, 6.45) is 1.39. The Balaban J connectivity index is 1.88. The molecule has 0 amide bonds. The summed E-state index contributed by atoms with van der Waals surface area (Å²) in [6, 6.07) is 4.85. The van der Waals surface area contributed by atoms with Crippen LogP contribution in [-0.2, 0) is 6.54 Å². The van der Waals surface area contributed by atoms with Crippen molar-refractivity contribution in [3.05, 3.63) is 34.6 Å². The van der Waals surface area contributed by atoms with Crippen molar-refractivity contribution >= 4 is 11.6 Å². The maximum atomic E-state index is 13.0. The van der Waals surface area contributed by atoms with Crippen molar-refractivity contribution in [1.29, 1.82) is 0 Å². The van der Waals surface area contributed by atoms with Gasteiger partial charge in [0.25, 0.3) is 0 Å². The predicted octanol–water partition coefficient (Wildman–Crippen LogP) is 2.09. The lowest BCUT2D eigenvalue weighted by Gasteiger charge is -2.32. The van der Waals surface area contributed by atoms with Gasteiger partial charge in [-0.15, -0.1) is 0 Å². The Morgan fingerprint density at radius 1 is 1.40 bits per heavy atom. The van der Waals surface area contributed by atoms with E-state index in [4.69, 9.17) is 16.7 Å². The SMILES string of the molecule is OC1CC(NCc2cc(F)cc(Cl)c2)C1. The summed E-state index contributed by atoms with van der Waals surface area (Å²) in [5, 5.41) is 12.7. The first-order valence-electron chi connectivity index (χ1n) is 5.00. The molecule has 1 saturated carbocycles. The van der Waals surface area contributed by atoms with E-state index in [0.29, 0.717) is 17.6 Å². The van der Waals surface area contributed by atoms with Gasteiger partial charge in [-0.05, 0) is 36.6 Å². The molecular weight excluding hydrogens is 217 g/mol. The van der Waals surface area contributed by atoms with Gasteiger partial charge >= 0.3 is 0 Å². The van der Waals surface area contributed by atoms with Crippen LogP contribution in [0.4, 0.5) is 4.39 Å². The van der Waals surface area contributed by atoms with E-state index in [1.807, 2.05) is 0 Å². The molecule has 1 aliphatic rings. The number of hydrogen-bond acceptors (Lipinski definition) is 2. The highest BCUT2D eigenvalue weighted by molar-refractivity contribution is 6.30. The van der Waals surface area contributed by atoms with Crippen LogP contribution in [0.5, 0.6) is 0 Å². The summed E-state index contributed by atoms with van der Waals surface area (Å²) < 4.78 is 13.0. The highest BCUT2D eigenvalue weighted by Crippen LogP contribution is 2.20. The van der Waals surface area contributed by atoms with Crippen LogP contribution in [0.1, 0.15) is 18.4 Å². The van der Waals surface area contributed by atoms with Crippen molar-refractivity contribution in [3.8, 4) is 0 Å². The monoisotopic (exact) mass is 229 g/mol. The zero-order valence-electron chi connectivity index (χ0n) is 8.21. The molecular formula is C11H13ClFNO. The van der Waals surface area contributed by atoms with Crippen molar-refractivity contribution in [2.45, 2.75) is 31.5 Å². The minimum Gasteiger partial charge on any atom is -0.393 e. The Bertz CT molecular complexity index is 332. The maximum Gasteiger partial charge on any atom is 0.125 e. The largest absolute Gasteiger partial charge is 0.393 e. The second kappa shape index (κ2) is 4.47. The van der Waals surface area contributed by atoms with Crippen LogP contribution in [0.2, 0.25) is 5.02 Å². The Hall–Kier alpha value is -0.640. The molecule has 0 atom stereocenters. The molecule has 2 N–H and O–H groups in total. The second-order valence-electron chi connectivity index (χ2n) is 3.98. The van der Waals surface area contributed by atoms with Gasteiger partial charge in [0.1, 0.15) is 5.82 Å². The molecule has 0 unspecified atom stereocenters. The fourth-order valence-electron chi connectivity index (χ4n) is 1.73. The highest BCUT2D eigenvalue weighted by Gasteiger charge is 2.26. The van der Waals surface area contributed by atoms with Gasteiger partial charge in [-0.1, -0.05) is 11.6 Å². The third-order valence-electron chi connectivity index (χ3n) is 2.63. The van der Waals surface area contributed by atoms with Gasteiger partial charge < -0.3 is 10.4 Å². The summed E-state index contributed by atoms with van der Waals surface area (Å²) in [7, 11) is 0. The standard InChI is InChI=1S/C11H13ClFNO/c12-8-1-7(2-9(13)3-8)6-14-10-4-11(15)5-10/h1-3,10-11,14-15H,4-6H2. The molecule has 0 heterocycles. The Morgan fingerprint density at radius 2 is 2.13 bits per heavy atom. The van der Waals surface area contributed by atoms with Crippen LogP contribution in [0, 0.1) is 5.82 Å². The minimum absolute atomic E-state index is 0.168. The van der Waals surface area contributed by atoms with E-state index in [-0.39, 0.29) is 11.9 Å².